The number of halogens is 1. The van der Waals surface area contributed by atoms with Crippen LogP contribution in [-0.4, -0.2) is 46.9 Å². The van der Waals surface area contributed by atoms with Crippen LogP contribution in [0.4, 0.5) is 10.1 Å². The molecule has 2 aliphatic carbocycles. The third kappa shape index (κ3) is 3.98. The molecule has 2 aliphatic heterocycles. The summed E-state index contributed by atoms with van der Waals surface area (Å²) in [5.74, 6) is 0. The lowest BCUT2D eigenvalue weighted by atomic mass is 10.1. The van der Waals surface area contributed by atoms with E-state index in [4.69, 9.17) is 9.98 Å². The number of nitrogens with zero attached hydrogens (tertiary/aromatic N) is 5. The zero-order chi connectivity index (χ0) is 22.1. The molecule has 4 aliphatic rings. The van der Waals surface area contributed by atoms with Crippen molar-refractivity contribution in [2.24, 2.45) is 15.0 Å². The van der Waals surface area contributed by atoms with Crippen LogP contribution in [0.1, 0.15) is 20.3 Å². The third-order valence-corrected chi connectivity index (χ3v) is 5.42. The number of nitrogens with one attached hydrogen (secondary N) is 1. The number of allylic oxidation sites excluding steroid dienone is 4. The molecule has 2 heterocycles. The summed E-state index contributed by atoms with van der Waals surface area (Å²) < 4.78 is 15.9. The molecule has 1 aromatic carbocycles. The van der Waals surface area contributed by atoms with Gasteiger partial charge in [-0.1, -0.05) is 18.2 Å². The monoisotopic (exact) mass is 428 g/mol. The van der Waals surface area contributed by atoms with E-state index < -0.39 is 6.17 Å². The van der Waals surface area contributed by atoms with Gasteiger partial charge in [0.15, 0.2) is 0 Å². The summed E-state index contributed by atoms with van der Waals surface area (Å²) >= 11 is 0. The molecular formula is C25H25FN6. The maximum atomic E-state index is 13.8. The summed E-state index contributed by atoms with van der Waals surface area (Å²) in [4.78, 5) is 18.6. The maximum absolute atomic E-state index is 13.8. The van der Waals surface area contributed by atoms with Crippen LogP contribution < -0.4 is 10.7 Å². The Morgan fingerprint density at radius 1 is 1.19 bits per heavy atom. The highest BCUT2D eigenvalue weighted by molar-refractivity contribution is 6.16. The molecule has 5 rings (SSSR count). The van der Waals surface area contributed by atoms with Crippen LogP contribution >= 0.6 is 0 Å². The Balaban J connectivity index is 1.75. The summed E-state index contributed by atoms with van der Waals surface area (Å²) in [6.07, 6.45) is 8.09. The van der Waals surface area contributed by atoms with Crippen LogP contribution in [0.3, 0.4) is 0 Å². The lowest BCUT2D eigenvalue weighted by Crippen LogP contribution is -2.27. The highest BCUT2D eigenvalue weighted by Crippen LogP contribution is 2.31. The Hall–Kier alpha value is -3.61. The van der Waals surface area contributed by atoms with Gasteiger partial charge in [-0.3, -0.25) is 15.0 Å². The Bertz CT molecular complexity index is 1310. The van der Waals surface area contributed by atoms with E-state index >= 15 is 0 Å². The fourth-order valence-electron chi connectivity index (χ4n) is 4.03. The Morgan fingerprint density at radius 3 is 2.81 bits per heavy atom. The molecule has 0 aromatic heterocycles. The number of rotatable bonds is 4. The fourth-order valence-corrected chi connectivity index (χ4v) is 4.03. The van der Waals surface area contributed by atoms with Crippen LogP contribution in [0.2, 0.25) is 0 Å². The molecule has 2 unspecified atom stereocenters. The second-order valence-electron chi connectivity index (χ2n) is 8.23. The van der Waals surface area contributed by atoms with Crippen LogP contribution in [0.25, 0.3) is 28.1 Å². The highest BCUT2D eigenvalue weighted by atomic mass is 19.1. The molecule has 0 radical (unpaired) electrons. The molecule has 2 atom stereocenters. The predicted molar refractivity (Wildman–Crippen MR) is 129 cm³/mol. The van der Waals surface area contributed by atoms with Gasteiger partial charge in [-0.25, -0.2) is 9.37 Å². The highest BCUT2D eigenvalue weighted by Gasteiger charge is 2.19. The molecule has 1 aromatic rings. The van der Waals surface area contributed by atoms with Crippen molar-refractivity contribution < 1.29 is 4.39 Å². The zero-order valence-corrected chi connectivity index (χ0v) is 18.1. The van der Waals surface area contributed by atoms with Crippen molar-refractivity contribution in [2.75, 3.05) is 11.9 Å². The molecular weight excluding hydrogens is 403 g/mol. The average Bonchev–Trinajstić information content (AvgIpc) is 2.79. The number of hydrogen-bond acceptors (Lipinski definition) is 5. The first-order valence-electron chi connectivity index (χ1n) is 10.9. The maximum Gasteiger partial charge on any atom is 0.138 e. The summed E-state index contributed by atoms with van der Waals surface area (Å²) in [5.41, 5.74) is 5.40. The predicted octanol–water partition coefficient (Wildman–Crippen LogP) is 4.48. The van der Waals surface area contributed by atoms with E-state index in [1.807, 2.05) is 42.5 Å². The fraction of sp³-hybridized carbons (Fsp3) is 0.280. The van der Waals surface area contributed by atoms with E-state index in [0.29, 0.717) is 13.0 Å². The van der Waals surface area contributed by atoms with E-state index in [9.17, 15) is 4.39 Å². The van der Waals surface area contributed by atoms with E-state index in [1.54, 1.807) is 18.5 Å². The number of aliphatic imine (C=N–C) groups is 2. The number of aromatic nitrogens is 2. The number of anilines is 1. The van der Waals surface area contributed by atoms with E-state index in [0.717, 1.165) is 39.2 Å². The molecule has 32 heavy (non-hydrogen) atoms. The van der Waals surface area contributed by atoms with Crippen LogP contribution in [0, 0.1) is 0 Å². The molecule has 6 nitrogen and oxygen atoms in total. The van der Waals surface area contributed by atoms with Crippen molar-refractivity contribution in [2.45, 2.75) is 38.6 Å². The first-order valence-corrected chi connectivity index (χ1v) is 10.9. The Labute approximate surface area is 186 Å². The van der Waals surface area contributed by atoms with Crippen molar-refractivity contribution in [1.29, 1.82) is 0 Å². The number of fused-ring (bicyclic) bond motifs is 2. The molecule has 0 amide bonds. The molecule has 0 spiro atoms. The average molecular weight is 429 g/mol. The Kier molecular flexibility index (Phi) is 5.39. The van der Waals surface area contributed by atoms with Crippen molar-refractivity contribution in [3.8, 4) is 11.4 Å². The van der Waals surface area contributed by atoms with Gasteiger partial charge in [-0.15, -0.1) is 0 Å². The van der Waals surface area contributed by atoms with E-state index in [2.05, 4.69) is 39.8 Å². The number of para-hydroxylation sites is 2. The number of benzene rings is 2. The van der Waals surface area contributed by atoms with Gasteiger partial charge in [0, 0.05) is 30.6 Å². The van der Waals surface area contributed by atoms with E-state index in [-0.39, 0.29) is 12.2 Å². The second-order valence-corrected chi connectivity index (χ2v) is 8.23. The smallest absolute Gasteiger partial charge is 0.138 e. The van der Waals surface area contributed by atoms with Crippen LogP contribution in [0.5, 0.6) is 0 Å². The third-order valence-electron chi connectivity index (χ3n) is 5.42. The lowest BCUT2D eigenvalue weighted by Gasteiger charge is -2.23. The topological polar surface area (TPSA) is 66.9 Å². The normalized spacial score (nSPS) is 21.0. The van der Waals surface area contributed by atoms with Gasteiger partial charge in [-0.05, 0) is 50.3 Å². The first kappa shape index (κ1) is 20.3. The quantitative estimate of drug-likeness (QED) is 0.623. The van der Waals surface area contributed by atoms with Gasteiger partial charge in [0.1, 0.15) is 12.3 Å². The summed E-state index contributed by atoms with van der Waals surface area (Å²) in [7, 11) is 0. The van der Waals surface area contributed by atoms with Gasteiger partial charge in [0.2, 0.25) is 0 Å². The molecule has 0 saturated heterocycles. The van der Waals surface area contributed by atoms with Crippen LogP contribution in [0.15, 0.2) is 69.6 Å². The SMILES string of the molecule is CC(C)/N=c1\cc2n(C3=CCC(F)C=C3)c3ccccc3nc-2cc1NC1CN=CC=N1. The van der Waals surface area contributed by atoms with Crippen molar-refractivity contribution in [3.05, 3.63) is 60.0 Å². The summed E-state index contributed by atoms with van der Waals surface area (Å²) in [6.45, 7) is 4.68. The second kappa shape index (κ2) is 8.49. The standard InChI is InChI=1S/C25H25FN6/c1-16(2)29-21-14-24-22(13-20(21)31-25-15-27-11-12-28-25)30-19-5-3-4-6-23(19)32(24)18-9-7-17(26)8-10-18/h3-7,9-14,16-17,25,31H,8,15H2,1-2H3/b29-21+. The summed E-state index contributed by atoms with van der Waals surface area (Å²) in [5, 5.41) is 4.31. The van der Waals surface area contributed by atoms with Gasteiger partial charge in [0.25, 0.3) is 0 Å². The van der Waals surface area contributed by atoms with Gasteiger partial charge < -0.3 is 9.88 Å². The zero-order valence-electron chi connectivity index (χ0n) is 18.1. The van der Waals surface area contributed by atoms with Crippen molar-refractivity contribution in [3.63, 3.8) is 0 Å². The molecule has 0 saturated carbocycles. The van der Waals surface area contributed by atoms with Gasteiger partial charge in [0.05, 0.1) is 40.0 Å². The molecule has 7 heteroatoms. The minimum atomic E-state index is -0.945. The van der Waals surface area contributed by atoms with Gasteiger partial charge in [-0.2, -0.15) is 0 Å². The first-order chi connectivity index (χ1) is 15.6. The lowest BCUT2D eigenvalue weighted by molar-refractivity contribution is 0.402. The molecule has 1 N–H and O–H groups in total. The number of alkyl halides is 1. The minimum absolute atomic E-state index is 0.115. The van der Waals surface area contributed by atoms with Crippen LogP contribution in [-0.2, 0) is 0 Å². The largest absolute Gasteiger partial charge is 0.360 e. The molecule has 162 valence electrons. The Morgan fingerprint density at radius 2 is 2.06 bits per heavy atom. The molecule has 0 bridgehead atoms. The van der Waals surface area contributed by atoms with Crippen molar-refractivity contribution in [1.82, 2.24) is 9.55 Å². The number of hydrogen-bond donors (Lipinski definition) is 1. The van der Waals surface area contributed by atoms with E-state index in [1.165, 1.54) is 0 Å². The van der Waals surface area contributed by atoms with Gasteiger partial charge >= 0.3 is 0 Å². The summed E-state index contributed by atoms with van der Waals surface area (Å²) in [6, 6.07) is 12.2. The minimum Gasteiger partial charge on any atom is -0.360 e. The molecule has 0 fully saturated rings. The van der Waals surface area contributed by atoms with Crippen molar-refractivity contribution >= 4 is 34.8 Å².